The van der Waals surface area contributed by atoms with E-state index >= 15 is 0 Å². The summed E-state index contributed by atoms with van der Waals surface area (Å²) in [6.07, 6.45) is 0. The number of fused-ring (bicyclic) bond motifs is 1. The van der Waals surface area contributed by atoms with Crippen LogP contribution in [0.4, 0.5) is 0 Å². The minimum absolute atomic E-state index is 0.161. The molecular formula is C22H14O10. The average Bonchev–Trinajstić information content (AvgIpc) is 2.77. The van der Waals surface area contributed by atoms with Crippen LogP contribution in [0.15, 0.2) is 60.7 Å². The molecule has 0 fully saturated rings. The van der Waals surface area contributed by atoms with Crippen molar-refractivity contribution in [1.82, 2.24) is 0 Å². The van der Waals surface area contributed by atoms with Crippen LogP contribution in [0, 0.1) is 0 Å². The lowest BCUT2D eigenvalue weighted by Crippen LogP contribution is -2.20. The summed E-state index contributed by atoms with van der Waals surface area (Å²) in [6.45, 7) is 0. The third-order valence-electron chi connectivity index (χ3n) is 4.18. The van der Waals surface area contributed by atoms with Crippen molar-refractivity contribution in [1.29, 1.82) is 0 Å². The third-order valence-corrected chi connectivity index (χ3v) is 4.18. The van der Waals surface area contributed by atoms with E-state index in [1.54, 1.807) is 30.3 Å². The fourth-order valence-electron chi connectivity index (χ4n) is 2.79. The van der Waals surface area contributed by atoms with Crippen LogP contribution in [-0.2, 0) is 9.59 Å². The summed E-state index contributed by atoms with van der Waals surface area (Å²) in [7, 11) is 0. The molecule has 3 rings (SSSR count). The summed E-state index contributed by atoms with van der Waals surface area (Å²) >= 11 is 0. The van der Waals surface area contributed by atoms with Crippen LogP contribution in [0.5, 0.6) is 0 Å². The van der Waals surface area contributed by atoms with Gasteiger partial charge in [-0.3, -0.25) is 9.59 Å². The molecule has 0 heterocycles. The molecule has 0 bridgehead atoms. The molecule has 0 aliphatic heterocycles. The number of hydrogen-bond acceptors (Lipinski definition) is 6. The standard InChI is InChI=1S/C12H8O4.C10H6O6/c13-11(14)9-6-5-7-3-1-2-4-8(7)10(9)12(15)16;11-7(9(13)14)5-3-1-2-4-6(5)8(12)10(15)16/h1-6H,(H,13,14)(H,15,16);1-4H,(H,13,14)(H,15,16). The Hall–Kier alpha value is -4.86. The number of Topliss-reactive ketones (excluding diaryl/α,β-unsaturated/α-hetero) is 2. The van der Waals surface area contributed by atoms with Gasteiger partial charge in [0.15, 0.2) is 0 Å². The zero-order valence-corrected chi connectivity index (χ0v) is 16.0. The fraction of sp³-hybridized carbons (Fsp3) is 0. The molecule has 4 N–H and O–H groups in total. The van der Waals surface area contributed by atoms with Crippen molar-refractivity contribution in [3.63, 3.8) is 0 Å². The van der Waals surface area contributed by atoms with Crippen molar-refractivity contribution < 1.29 is 49.2 Å². The third kappa shape index (κ3) is 5.00. The van der Waals surface area contributed by atoms with E-state index in [0.29, 0.717) is 10.8 Å². The number of benzene rings is 3. The summed E-state index contributed by atoms with van der Waals surface area (Å²) in [6, 6.07) is 14.6. The van der Waals surface area contributed by atoms with Gasteiger partial charge in [-0.2, -0.15) is 0 Å². The van der Waals surface area contributed by atoms with E-state index in [0.717, 1.165) is 12.1 Å². The maximum absolute atomic E-state index is 11.1. The van der Waals surface area contributed by atoms with Crippen molar-refractivity contribution >= 4 is 46.2 Å². The van der Waals surface area contributed by atoms with E-state index in [-0.39, 0.29) is 11.1 Å². The van der Waals surface area contributed by atoms with Crippen LogP contribution in [0.2, 0.25) is 0 Å². The van der Waals surface area contributed by atoms with E-state index in [9.17, 15) is 28.8 Å². The minimum Gasteiger partial charge on any atom is -0.478 e. The van der Waals surface area contributed by atoms with Crippen LogP contribution >= 0.6 is 0 Å². The number of carboxylic acid groups (broad SMARTS) is 4. The summed E-state index contributed by atoms with van der Waals surface area (Å²) < 4.78 is 0. The van der Waals surface area contributed by atoms with Crippen LogP contribution in [-0.4, -0.2) is 55.9 Å². The minimum atomic E-state index is -1.74. The van der Waals surface area contributed by atoms with Gasteiger partial charge < -0.3 is 20.4 Å². The second-order valence-corrected chi connectivity index (χ2v) is 6.13. The topological polar surface area (TPSA) is 183 Å². The van der Waals surface area contributed by atoms with Gasteiger partial charge in [0.05, 0.1) is 11.1 Å². The molecular weight excluding hydrogens is 424 g/mol. The molecule has 3 aromatic rings. The quantitative estimate of drug-likeness (QED) is 0.329. The first-order chi connectivity index (χ1) is 15.1. The van der Waals surface area contributed by atoms with Gasteiger partial charge in [-0.25, -0.2) is 19.2 Å². The summed E-state index contributed by atoms with van der Waals surface area (Å²) in [5.41, 5.74) is -1.21. The van der Waals surface area contributed by atoms with Crippen molar-refractivity contribution in [3.05, 3.63) is 82.9 Å². The number of carbonyl (C=O) groups excluding carboxylic acids is 2. The molecule has 0 atom stereocenters. The highest BCUT2D eigenvalue weighted by molar-refractivity contribution is 6.46. The maximum atomic E-state index is 11.1. The zero-order chi connectivity index (χ0) is 24.0. The molecule has 0 amide bonds. The van der Waals surface area contributed by atoms with Gasteiger partial charge >= 0.3 is 23.9 Å². The molecule has 10 heteroatoms. The lowest BCUT2D eigenvalue weighted by Gasteiger charge is -2.05. The van der Waals surface area contributed by atoms with Crippen LogP contribution < -0.4 is 0 Å². The summed E-state index contributed by atoms with van der Waals surface area (Å²) in [5, 5.41) is 36.1. The van der Waals surface area contributed by atoms with Crippen molar-refractivity contribution in [3.8, 4) is 0 Å². The highest BCUT2D eigenvalue weighted by Gasteiger charge is 2.24. The predicted octanol–water partition coefficient (Wildman–Crippen LogP) is 2.46. The van der Waals surface area contributed by atoms with Crippen molar-refractivity contribution in [2.75, 3.05) is 0 Å². The number of aliphatic carboxylic acids is 2. The van der Waals surface area contributed by atoms with Gasteiger partial charge in [0, 0.05) is 11.1 Å². The van der Waals surface area contributed by atoms with Crippen LogP contribution in [0.25, 0.3) is 10.8 Å². The smallest absolute Gasteiger partial charge is 0.377 e. The number of hydrogen-bond donors (Lipinski definition) is 4. The number of rotatable bonds is 6. The molecule has 32 heavy (non-hydrogen) atoms. The fourth-order valence-corrected chi connectivity index (χ4v) is 2.79. The summed E-state index contributed by atoms with van der Waals surface area (Å²) in [4.78, 5) is 65.2. The Kier molecular flexibility index (Phi) is 7.14. The van der Waals surface area contributed by atoms with Crippen molar-refractivity contribution in [2.45, 2.75) is 0 Å². The van der Waals surface area contributed by atoms with Gasteiger partial charge in [-0.05, 0) is 16.8 Å². The number of aromatic carboxylic acids is 2. The maximum Gasteiger partial charge on any atom is 0.377 e. The SMILES string of the molecule is O=C(O)C(=O)c1ccccc1C(=O)C(=O)O.O=C(O)c1ccc2ccccc2c1C(=O)O. The molecule has 0 radical (unpaired) electrons. The Balaban J connectivity index is 0.000000227. The normalized spacial score (nSPS) is 9.88. The van der Waals surface area contributed by atoms with Gasteiger partial charge in [-0.15, -0.1) is 0 Å². The van der Waals surface area contributed by atoms with Crippen molar-refractivity contribution in [2.24, 2.45) is 0 Å². The molecule has 0 unspecified atom stereocenters. The van der Waals surface area contributed by atoms with Gasteiger partial charge in [0.25, 0.3) is 11.6 Å². The molecule has 0 aromatic heterocycles. The Morgan fingerprint density at radius 1 is 0.500 bits per heavy atom. The first-order valence-electron chi connectivity index (χ1n) is 8.68. The Morgan fingerprint density at radius 3 is 1.41 bits per heavy atom. The van der Waals surface area contributed by atoms with Crippen LogP contribution in [0.1, 0.15) is 41.4 Å². The molecule has 0 saturated carbocycles. The first kappa shape index (κ1) is 23.4. The van der Waals surface area contributed by atoms with Gasteiger partial charge in [0.1, 0.15) is 0 Å². The molecule has 0 aliphatic rings. The summed E-state index contributed by atoms with van der Waals surface area (Å²) in [5.74, 6) is -8.58. The van der Waals surface area contributed by atoms with E-state index in [1.165, 1.54) is 18.2 Å². The van der Waals surface area contributed by atoms with E-state index in [4.69, 9.17) is 20.4 Å². The average molecular weight is 438 g/mol. The highest BCUT2D eigenvalue weighted by atomic mass is 16.4. The predicted molar refractivity (Wildman–Crippen MR) is 108 cm³/mol. The van der Waals surface area contributed by atoms with E-state index in [2.05, 4.69) is 0 Å². The number of carboxylic acids is 4. The number of carbonyl (C=O) groups is 6. The lowest BCUT2D eigenvalue weighted by atomic mass is 9.99. The van der Waals surface area contributed by atoms with Gasteiger partial charge in [-0.1, -0.05) is 54.6 Å². The monoisotopic (exact) mass is 438 g/mol. The largest absolute Gasteiger partial charge is 0.478 e. The Bertz CT molecular complexity index is 1230. The Morgan fingerprint density at radius 2 is 0.969 bits per heavy atom. The van der Waals surface area contributed by atoms with E-state index in [1.807, 2.05) is 0 Å². The highest BCUT2D eigenvalue weighted by Crippen LogP contribution is 2.22. The molecule has 0 spiro atoms. The molecule has 0 aliphatic carbocycles. The molecule has 162 valence electrons. The molecule has 3 aromatic carbocycles. The zero-order valence-electron chi connectivity index (χ0n) is 16.0. The molecule has 10 nitrogen and oxygen atoms in total. The van der Waals surface area contributed by atoms with Crippen LogP contribution in [0.3, 0.4) is 0 Å². The van der Waals surface area contributed by atoms with Gasteiger partial charge in [0.2, 0.25) is 0 Å². The Labute approximate surface area is 179 Å². The second-order valence-electron chi connectivity index (χ2n) is 6.13. The second kappa shape index (κ2) is 9.76. The van der Waals surface area contributed by atoms with E-state index < -0.39 is 46.6 Å². The number of ketones is 2. The lowest BCUT2D eigenvalue weighted by molar-refractivity contribution is -0.132. The first-order valence-corrected chi connectivity index (χ1v) is 8.68. The molecule has 0 saturated heterocycles.